The summed E-state index contributed by atoms with van der Waals surface area (Å²) in [7, 11) is 0. The van der Waals surface area contributed by atoms with Crippen molar-refractivity contribution in [1.29, 1.82) is 0 Å². The fourth-order valence-electron chi connectivity index (χ4n) is 2.41. The molecule has 0 radical (unpaired) electrons. The molecule has 132 valence electrons. The average Bonchev–Trinajstić information content (AvgIpc) is 2.50. The summed E-state index contributed by atoms with van der Waals surface area (Å²) in [5.74, 6) is 0.489. The normalized spacial score (nSPS) is 14.8. The number of urea groups is 1. The molecule has 1 aromatic carbocycles. The van der Waals surface area contributed by atoms with Crippen molar-refractivity contribution in [3.8, 4) is 5.88 Å². The SMILES string of the molecule is Cc1cccc(OC2CN(C(=O)Nc3cccc(C(F)(F)F)c3)C2)n1. The standard InChI is InChI=1S/C17H16F3N3O2/c1-11-4-2-7-15(21-11)25-14-9-23(10-14)16(24)22-13-6-3-5-12(8-13)17(18,19)20/h2-8,14H,9-10H2,1H3,(H,22,24). The van der Waals surface area contributed by atoms with Gasteiger partial charge in [-0.3, -0.25) is 0 Å². The van der Waals surface area contributed by atoms with Gasteiger partial charge in [-0.05, 0) is 31.2 Å². The number of nitrogens with one attached hydrogen (secondary N) is 1. The number of hydrogen-bond donors (Lipinski definition) is 1. The Morgan fingerprint density at radius 3 is 2.64 bits per heavy atom. The Balaban J connectivity index is 1.52. The van der Waals surface area contributed by atoms with E-state index in [0.29, 0.717) is 19.0 Å². The molecule has 3 rings (SSSR count). The predicted molar refractivity (Wildman–Crippen MR) is 85.4 cm³/mol. The highest BCUT2D eigenvalue weighted by atomic mass is 19.4. The monoisotopic (exact) mass is 351 g/mol. The van der Waals surface area contributed by atoms with Crippen LogP contribution in [0.1, 0.15) is 11.3 Å². The number of aromatic nitrogens is 1. The first-order valence-electron chi connectivity index (χ1n) is 7.65. The van der Waals surface area contributed by atoms with Gasteiger partial charge in [-0.25, -0.2) is 9.78 Å². The third kappa shape index (κ3) is 4.20. The number of rotatable bonds is 3. The highest BCUT2D eigenvalue weighted by Gasteiger charge is 2.33. The van der Waals surface area contributed by atoms with Crippen LogP contribution in [0.2, 0.25) is 0 Å². The smallest absolute Gasteiger partial charge is 0.416 e. The van der Waals surface area contributed by atoms with E-state index >= 15 is 0 Å². The molecule has 0 spiro atoms. The number of anilines is 1. The molecule has 1 saturated heterocycles. The summed E-state index contributed by atoms with van der Waals surface area (Å²) < 4.78 is 43.7. The van der Waals surface area contributed by atoms with Crippen molar-refractivity contribution in [2.24, 2.45) is 0 Å². The van der Waals surface area contributed by atoms with Gasteiger partial charge in [0.25, 0.3) is 0 Å². The van der Waals surface area contributed by atoms with E-state index in [2.05, 4.69) is 10.3 Å². The number of hydrogen-bond acceptors (Lipinski definition) is 3. The fraction of sp³-hybridized carbons (Fsp3) is 0.294. The Morgan fingerprint density at radius 2 is 1.96 bits per heavy atom. The number of alkyl halides is 3. The average molecular weight is 351 g/mol. The summed E-state index contributed by atoms with van der Waals surface area (Å²) in [6.45, 7) is 2.54. The summed E-state index contributed by atoms with van der Waals surface area (Å²) in [6.07, 6.45) is -4.63. The summed E-state index contributed by atoms with van der Waals surface area (Å²) in [6, 6.07) is 9.48. The fourth-order valence-corrected chi connectivity index (χ4v) is 2.41. The molecule has 0 saturated carbocycles. The number of carbonyl (C=O) groups excluding carboxylic acids is 1. The lowest BCUT2D eigenvalue weighted by Crippen LogP contribution is -2.57. The van der Waals surface area contributed by atoms with Gasteiger partial charge >= 0.3 is 12.2 Å². The first kappa shape index (κ1) is 17.1. The molecular formula is C17H16F3N3O2. The van der Waals surface area contributed by atoms with Gasteiger partial charge in [0.05, 0.1) is 18.7 Å². The van der Waals surface area contributed by atoms with E-state index < -0.39 is 17.8 Å². The highest BCUT2D eigenvalue weighted by Crippen LogP contribution is 2.30. The second-order valence-corrected chi connectivity index (χ2v) is 5.77. The number of aryl methyl sites for hydroxylation is 1. The van der Waals surface area contributed by atoms with Gasteiger partial charge in [-0.2, -0.15) is 13.2 Å². The molecule has 2 aromatic rings. The van der Waals surface area contributed by atoms with Gasteiger partial charge in [-0.1, -0.05) is 12.1 Å². The van der Waals surface area contributed by atoms with Crippen LogP contribution in [0.5, 0.6) is 5.88 Å². The van der Waals surface area contributed by atoms with Gasteiger partial charge < -0.3 is 15.0 Å². The number of pyridine rings is 1. The molecule has 8 heteroatoms. The second kappa shape index (κ2) is 6.62. The Morgan fingerprint density at radius 1 is 1.24 bits per heavy atom. The molecule has 2 amide bonds. The van der Waals surface area contributed by atoms with E-state index in [4.69, 9.17) is 4.74 Å². The van der Waals surface area contributed by atoms with Crippen LogP contribution in [0, 0.1) is 6.92 Å². The molecule has 1 aromatic heterocycles. The zero-order valence-electron chi connectivity index (χ0n) is 13.4. The van der Waals surface area contributed by atoms with Crippen molar-refractivity contribution in [2.75, 3.05) is 18.4 Å². The third-order valence-electron chi connectivity index (χ3n) is 3.73. The van der Waals surface area contributed by atoms with Crippen LogP contribution in [-0.2, 0) is 6.18 Å². The van der Waals surface area contributed by atoms with Crippen LogP contribution in [0.3, 0.4) is 0 Å². The highest BCUT2D eigenvalue weighted by molar-refractivity contribution is 5.90. The maximum Gasteiger partial charge on any atom is 0.416 e. The maximum absolute atomic E-state index is 12.7. The number of halogens is 3. The van der Waals surface area contributed by atoms with Gasteiger partial charge in [0.15, 0.2) is 0 Å². The number of benzene rings is 1. The molecule has 1 fully saturated rings. The quantitative estimate of drug-likeness (QED) is 0.917. The van der Waals surface area contributed by atoms with Crippen molar-refractivity contribution >= 4 is 11.7 Å². The molecule has 5 nitrogen and oxygen atoms in total. The van der Waals surface area contributed by atoms with Gasteiger partial charge in [-0.15, -0.1) is 0 Å². The molecule has 0 unspecified atom stereocenters. The van der Waals surface area contributed by atoms with Crippen LogP contribution in [0.4, 0.5) is 23.7 Å². The summed E-state index contributed by atoms with van der Waals surface area (Å²) in [5, 5.41) is 2.47. The minimum absolute atomic E-state index is 0.101. The van der Waals surface area contributed by atoms with Crippen LogP contribution in [0.15, 0.2) is 42.5 Å². The first-order valence-corrected chi connectivity index (χ1v) is 7.65. The molecule has 25 heavy (non-hydrogen) atoms. The van der Waals surface area contributed by atoms with E-state index in [1.807, 2.05) is 19.1 Å². The Labute approximate surface area is 142 Å². The molecule has 0 bridgehead atoms. The third-order valence-corrected chi connectivity index (χ3v) is 3.73. The van der Waals surface area contributed by atoms with Gasteiger partial charge in [0.2, 0.25) is 5.88 Å². The van der Waals surface area contributed by atoms with Crippen LogP contribution in [0.25, 0.3) is 0 Å². The van der Waals surface area contributed by atoms with E-state index in [-0.39, 0.29) is 11.8 Å². The van der Waals surface area contributed by atoms with E-state index in [0.717, 1.165) is 17.8 Å². The summed E-state index contributed by atoms with van der Waals surface area (Å²) >= 11 is 0. The first-order chi connectivity index (χ1) is 11.8. The van der Waals surface area contributed by atoms with Crippen molar-refractivity contribution < 1.29 is 22.7 Å². The Hall–Kier alpha value is -2.77. The maximum atomic E-state index is 12.7. The Bertz CT molecular complexity index is 774. The molecule has 1 N–H and O–H groups in total. The minimum Gasteiger partial charge on any atom is -0.471 e. The predicted octanol–water partition coefficient (Wildman–Crippen LogP) is 3.70. The second-order valence-electron chi connectivity index (χ2n) is 5.77. The number of likely N-dealkylation sites (tertiary alicyclic amines) is 1. The van der Waals surface area contributed by atoms with Crippen molar-refractivity contribution in [3.05, 3.63) is 53.7 Å². The largest absolute Gasteiger partial charge is 0.471 e. The molecule has 0 aliphatic carbocycles. The topological polar surface area (TPSA) is 54.5 Å². The van der Waals surface area contributed by atoms with Crippen LogP contribution >= 0.6 is 0 Å². The van der Waals surface area contributed by atoms with Crippen molar-refractivity contribution in [3.63, 3.8) is 0 Å². The van der Waals surface area contributed by atoms with Crippen LogP contribution in [-0.4, -0.2) is 35.1 Å². The van der Waals surface area contributed by atoms with E-state index in [1.165, 1.54) is 17.0 Å². The zero-order chi connectivity index (χ0) is 18.0. The van der Waals surface area contributed by atoms with Gasteiger partial charge in [0.1, 0.15) is 6.10 Å². The van der Waals surface area contributed by atoms with Crippen LogP contribution < -0.4 is 10.1 Å². The van der Waals surface area contributed by atoms with Crippen molar-refractivity contribution in [1.82, 2.24) is 9.88 Å². The summed E-state index contributed by atoms with van der Waals surface area (Å²) in [4.78, 5) is 17.7. The van der Waals surface area contributed by atoms with Gasteiger partial charge in [0, 0.05) is 17.4 Å². The minimum atomic E-state index is -4.45. The Kier molecular flexibility index (Phi) is 4.52. The lowest BCUT2D eigenvalue weighted by molar-refractivity contribution is -0.137. The zero-order valence-corrected chi connectivity index (χ0v) is 13.4. The molecule has 1 aliphatic rings. The molecule has 2 heterocycles. The lowest BCUT2D eigenvalue weighted by Gasteiger charge is -2.38. The lowest BCUT2D eigenvalue weighted by atomic mass is 10.1. The van der Waals surface area contributed by atoms with E-state index in [9.17, 15) is 18.0 Å². The number of ether oxygens (including phenoxy) is 1. The van der Waals surface area contributed by atoms with Crippen molar-refractivity contribution in [2.45, 2.75) is 19.2 Å². The molecule has 0 atom stereocenters. The van der Waals surface area contributed by atoms with E-state index in [1.54, 1.807) is 6.07 Å². The molecule has 1 aliphatic heterocycles. The number of nitrogens with zero attached hydrogens (tertiary/aromatic N) is 2. The molecular weight excluding hydrogens is 335 g/mol. The number of amides is 2. The summed E-state index contributed by atoms with van der Waals surface area (Å²) in [5.41, 5.74) is 0.126. The number of carbonyl (C=O) groups is 1.